The van der Waals surface area contributed by atoms with Crippen molar-refractivity contribution in [1.29, 1.82) is 0 Å². The number of rotatable bonds is 5. The third kappa shape index (κ3) is 3.67. The predicted molar refractivity (Wildman–Crippen MR) is 123 cm³/mol. The lowest BCUT2D eigenvalue weighted by Crippen LogP contribution is -2.31. The molecule has 5 rings (SSSR count). The topological polar surface area (TPSA) is 55.8 Å². The first kappa shape index (κ1) is 20.4. The van der Waals surface area contributed by atoms with Crippen molar-refractivity contribution in [3.63, 3.8) is 0 Å². The minimum Gasteiger partial charge on any atom is -0.454 e. The Balaban J connectivity index is 1.53. The second kappa shape index (κ2) is 8.20. The summed E-state index contributed by atoms with van der Waals surface area (Å²) in [4.78, 5) is 29.7. The number of carbonyl (C=O) groups is 2. The van der Waals surface area contributed by atoms with Crippen LogP contribution in [0.25, 0.3) is 5.57 Å². The SMILES string of the molecule is Cc1ccc(C2=C(Sc3ccccc3)C(=O)N(Cc3ccc4c(c3)OCO4)C2=O)c(C)c1. The summed E-state index contributed by atoms with van der Waals surface area (Å²) in [7, 11) is 0. The fourth-order valence-electron chi connectivity index (χ4n) is 3.95. The van der Waals surface area contributed by atoms with Crippen LogP contribution < -0.4 is 9.47 Å². The number of ether oxygens (including phenoxy) is 2. The molecule has 160 valence electrons. The molecule has 2 aliphatic rings. The van der Waals surface area contributed by atoms with Gasteiger partial charge in [0.2, 0.25) is 6.79 Å². The molecule has 0 atom stereocenters. The van der Waals surface area contributed by atoms with Gasteiger partial charge in [-0.15, -0.1) is 0 Å². The van der Waals surface area contributed by atoms with Gasteiger partial charge < -0.3 is 9.47 Å². The molecule has 2 amide bonds. The maximum atomic E-state index is 13.6. The highest BCUT2D eigenvalue weighted by Gasteiger charge is 2.40. The summed E-state index contributed by atoms with van der Waals surface area (Å²) in [6, 6.07) is 21.1. The van der Waals surface area contributed by atoms with Gasteiger partial charge in [-0.05, 0) is 54.8 Å². The highest BCUT2D eigenvalue weighted by atomic mass is 32.2. The summed E-state index contributed by atoms with van der Waals surface area (Å²) in [5, 5.41) is 0. The molecule has 32 heavy (non-hydrogen) atoms. The zero-order chi connectivity index (χ0) is 22.2. The van der Waals surface area contributed by atoms with Gasteiger partial charge in [0.05, 0.1) is 17.0 Å². The van der Waals surface area contributed by atoms with Gasteiger partial charge in [-0.25, -0.2) is 0 Å². The minimum absolute atomic E-state index is 0.168. The molecule has 0 radical (unpaired) electrons. The monoisotopic (exact) mass is 443 g/mol. The van der Waals surface area contributed by atoms with Crippen molar-refractivity contribution < 1.29 is 19.1 Å². The van der Waals surface area contributed by atoms with Crippen LogP contribution in [0.15, 0.2) is 76.5 Å². The number of benzene rings is 3. The molecule has 3 aromatic carbocycles. The Morgan fingerprint density at radius 3 is 2.44 bits per heavy atom. The van der Waals surface area contributed by atoms with E-state index in [4.69, 9.17) is 9.47 Å². The molecule has 0 saturated carbocycles. The fourth-order valence-corrected chi connectivity index (χ4v) is 4.98. The Morgan fingerprint density at radius 2 is 1.66 bits per heavy atom. The molecule has 0 spiro atoms. The smallest absolute Gasteiger partial charge is 0.268 e. The molecule has 2 aliphatic heterocycles. The molecule has 0 bridgehead atoms. The molecule has 2 heterocycles. The molecule has 0 N–H and O–H groups in total. The number of carbonyl (C=O) groups excluding carboxylic acids is 2. The van der Waals surface area contributed by atoms with Crippen molar-refractivity contribution in [1.82, 2.24) is 4.90 Å². The van der Waals surface area contributed by atoms with Crippen molar-refractivity contribution in [2.75, 3.05) is 6.79 Å². The van der Waals surface area contributed by atoms with Gasteiger partial charge in [-0.2, -0.15) is 0 Å². The van der Waals surface area contributed by atoms with E-state index in [2.05, 4.69) is 0 Å². The second-order valence-corrected chi connectivity index (χ2v) is 8.91. The maximum Gasteiger partial charge on any atom is 0.268 e. The first-order valence-corrected chi connectivity index (χ1v) is 11.1. The van der Waals surface area contributed by atoms with E-state index in [1.54, 1.807) is 6.07 Å². The standard InChI is InChI=1S/C26H21NO4S/c1-16-8-10-20(17(2)12-16)23-24(32-19-6-4-3-5-7-19)26(29)27(25(23)28)14-18-9-11-21-22(13-18)31-15-30-21/h3-13H,14-15H2,1-2H3. The molecule has 0 saturated heterocycles. The van der Waals surface area contributed by atoms with E-state index in [-0.39, 0.29) is 25.2 Å². The Hall–Kier alpha value is -3.51. The second-order valence-electron chi connectivity index (χ2n) is 7.82. The number of imide groups is 1. The lowest BCUT2D eigenvalue weighted by atomic mass is 9.99. The quantitative estimate of drug-likeness (QED) is 0.513. The Bertz CT molecular complexity index is 1270. The highest BCUT2D eigenvalue weighted by Crippen LogP contribution is 2.41. The average Bonchev–Trinajstić information content (AvgIpc) is 3.34. The van der Waals surface area contributed by atoms with Crippen LogP contribution in [0.4, 0.5) is 0 Å². The van der Waals surface area contributed by atoms with Gasteiger partial charge in [-0.3, -0.25) is 14.5 Å². The van der Waals surface area contributed by atoms with Crippen LogP contribution in [-0.2, 0) is 16.1 Å². The van der Waals surface area contributed by atoms with E-state index >= 15 is 0 Å². The van der Waals surface area contributed by atoms with Crippen molar-refractivity contribution in [3.05, 3.63) is 93.9 Å². The van der Waals surface area contributed by atoms with Crippen LogP contribution in [0.1, 0.15) is 22.3 Å². The molecule has 0 unspecified atom stereocenters. The van der Waals surface area contributed by atoms with Gasteiger partial charge in [0.15, 0.2) is 11.5 Å². The Kier molecular flexibility index (Phi) is 5.23. The van der Waals surface area contributed by atoms with Crippen molar-refractivity contribution in [2.45, 2.75) is 25.3 Å². The van der Waals surface area contributed by atoms with Crippen LogP contribution in [0.5, 0.6) is 11.5 Å². The zero-order valence-corrected chi connectivity index (χ0v) is 18.6. The normalized spacial score (nSPS) is 15.1. The van der Waals surface area contributed by atoms with Crippen LogP contribution >= 0.6 is 11.8 Å². The van der Waals surface area contributed by atoms with Gasteiger partial charge in [0.25, 0.3) is 11.8 Å². The molecule has 0 aromatic heterocycles. The van der Waals surface area contributed by atoms with E-state index in [1.165, 1.54) is 16.7 Å². The van der Waals surface area contributed by atoms with Crippen molar-refractivity contribution in [3.8, 4) is 11.5 Å². The third-order valence-electron chi connectivity index (χ3n) is 5.52. The number of nitrogens with zero attached hydrogens (tertiary/aromatic N) is 1. The van der Waals surface area contributed by atoms with E-state index in [0.717, 1.165) is 27.1 Å². The first-order chi connectivity index (χ1) is 15.5. The number of hydrogen-bond donors (Lipinski definition) is 0. The summed E-state index contributed by atoms with van der Waals surface area (Å²) < 4.78 is 10.8. The van der Waals surface area contributed by atoms with E-state index < -0.39 is 0 Å². The molecular formula is C26H21NO4S. The van der Waals surface area contributed by atoms with Crippen molar-refractivity contribution in [2.24, 2.45) is 0 Å². The number of fused-ring (bicyclic) bond motifs is 1. The van der Waals surface area contributed by atoms with E-state index in [1.807, 2.05) is 74.5 Å². The lowest BCUT2D eigenvalue weighted by Gasteiger charge is -2.16. The minimum atomic E-state index is -0.281. The Labute approximate surface area is 190 Å². The van der Waals surface area contributed by atoms with Gasteiger partial charge in [-0.1, -0.05) is 59.8 Å². The predicted octanol–water partition coefficient (Wildman–Crippen LogP) is 5.10. The molecule has 5 nitrogen and oxygen atoms in total. The third-order valence-corrected chi connectivity index (χ3v) is 6.61. The van der Waals surface area contributed by atoms with Crippen molar-refractivity contribution >= 4 is 29.1 Å². The molecule has 3 aromatic rings. The summed E-state index contributed by atoms with van der Waals surface area (Å²) in [5.74, 6) is 0.736. The number of thioether (sulfide) groups is 1. The summed E-state index contributed by atoms with van der Waals surface area (Å²) in [5.41, 5.74) is 4.14. The zero-order valence-electron chi connectivity index (χ0n) is 17.8. The van der Waals surface area contributed by atoms with Gasteiger partial charge in [0, 0.05) is 4.90 Å². The van der Waals surface area contributed by atoms with Crippen LogP contribution in [0.3, 0.4) is 0 Å². The molecule has 6 heteroatoms. The van der Waals surface area contributed by atoms with E-state index in [0.29, 0.717) is 22.0 Å². The number of hydrogen-bond acceptors (Lipinski definition) is 5. The fraction of sp³-hybridized carbons (Fsp3) is 0.154. The number of amides is 2. The largest absolute Gasteiger partial charge is 0.454 e. The summed E-state index contributed by atoms with van der Waals surface area (Å²) >= 11 is 1.34. The van der Waals surface area contributed by atoms with Gasteiger partial charge >= 0.3 is 0 Å². The van der Waals surface area contributed by atoms with Crippen LogP contribution in [-0.4, -0.2) is 23.5 Å². The first-order valence-electron chi connectivity index (χ1n) is 10.3. The van der Waals surface area contributed by atoms with Crippen LogP contribution in [0, 0.1) is 13.8 Å². The highest BCUT2D eigenvalue weighted by molar-refractivity contribution is 8.04. The number of aryl methyl sites for hydroxylation is 2. The maximum absolute atomic E-state index is 13.6. The molecule has 0 aliphatic carbocycles. The van der Waals surface area contributed by atoms with Gasteiger partial charge in [0.1, 0.15) is 0 Å². The average molecular weight is 444 g/mol. The van der Waals surface area contributed by atoms with Crippen LogP contribution in [0.2, 0.25) is 0 Å². The van der Waals surface area contributed by atoms with E-state index in [9.17, 15) is 9.59 Å². The molecular weight excluding hydrogens is 422 g/mol. The summed E-state index contributed by atoms with van der Waals surface area (Å²) in [6.45, 7) is 4.33. The summed E-state index contributed by atoms with van der Waals surface area (Å²) in [6.07, 6.45) is 0. The Morgan fingerprint density at radius 1 is 0.875 bits per heavy atom. The molecule has 0 fully saturated rings. The lowest BCUT2D eigenvalue weighted by molar-refractivity contribution is -0.137.